The average Bonchev–Trinajstić information content (AvgIpc) is 2.69. The van der Waals surface area contributed by atoms with Gasteiger partial charge in [-0.3, -0.25) is 0 Å². The van der Waals surface area contributed by atoms with E-state index in [0.717, 1.165) is 19.3 Å². The first kappa shape index (κ1) is 26.5. The zero-order valence-corrected chi connectivity index (χ0v) is 16.0. The van der Waals surface area contributed by atoms with Gasteiger partial charge in [0, 0.05) is 5.92 Å². The Labute approximate surface area is 156 Å². The summed E-state index contributed by atoms with van der Waals surface area (Å²) in [4.78, 5) is 0. The molecule has 6 heteroatoms. The molecule has 0 aromatic heterocycles. The second kappa shape index (κ2) is 12.1. The number of allylic oxidation sites excluding steroid dienone is 3. The predicted octanol–water partition coefficient (Wildman–Crippen LogP) is -2.91. The maximum atomic E-state index is 9.58. The van der Waals surface area contributed by atoms with Gasteiger partial charge in [0.25, 0.3) is 0 Å². The molecule has 2 aliphatic carbocycles. The first-order valence-electron chi connectivity index (χ1n) is 6.73. The summed E-state index contributed by atoms with van der Waals surface area (Å²) in [5, 5.41) is 18.5. The molecule has 0 amide bonds. The molecule has 0 saturated heterocycles. The summed E-state index contributed by atoms with van der Waals surface area (Å²) in [5.74, 6) is 0.844. The van der Waals surface area contributed by atoms with Gasteiger partial charge in [0.15, 0.2) is 0 Å². The number of fused-ring (bicyclic) bond motifs is 1. The molecule has 0 aliphatic heterocycles. The van der Waals surface area contributed by atoms with Crippen molar-refractivity contribution in [2.45, 2.75) is 51.7 Å². The number of nitrogens with one attached hydrogen (secondary N) is 1. The fourth-order valence-electron chi connectivity index (χ4n) is 2.49. The summed E-state index contributed by atoms with van der Waals surface area (Å²) in [6, 6.07) is 0. The summed E-state index contributed by atoms with van der Waals surface area (Å²) in [6.45, 7) is 5.45. The minimum absolute atomic E-state index is 0. The molecular formula is C15H26Cl2NO2Ti. The van der Waals surface area contributed by atoms with E-state index in [1.165, 1.54) is 5.57 Å². The smallest absolute Gasteiger partial charge is 1.00 e. The summed E-state index contributed by atoms with van der Waals surface area (Å²) in [5.41, 5.74) is 8.04. The second-order valence-corrected chi connectivity index (χ2v) is 6.21. The summed E-state index contributed by atoms with van der Waals surface area (Å²) < 4.78 is 0. The Morgan fingerprint density at radius 1 is 1.29 bits per heavy atom. The van der Waals surface area contributed by atoms with Crippen molar-refractivity contribution in [3.63, 3.8) is 0 Å². The Morgan fingerprint density at radius 2 is 1.81 bits per heavy atom. The maximum Gasteiger partial charge on any atom is 3.00 e. The van der Waals surface area contributed by atoms with E-state index in [0.29, 0.717) is 5.92 Å². The minimum Gasteiger partial charge on any atom is -1.00 e. The Balaban J connectivity index is -0.000000360. The van der Waals surface area contributed by atoms with Crippen LogP contribution in [0.4, 0.5) is 0 Å². The molecule has 0 heterocycles. The number of rotatable bonds is 2. The van der Waals surface area contributed by atoms with E-state index in [9.17, 15) is 5.11 Å². The topological polar surface area (TPSA) is 64.3 Å². The zero-order valence-electron chi connectivity index (χ0n) is 12.9. The van der Waals surface area contributed by atoms with Gasteiger partial charge < -0.3 is 40.8 Å². The number of halogens is 2. The molecule has 2 rings (SSSR count). The number of aliphatic hydroxyl groups excluding tert-OH is 2. The van der Waals surface area contributed by atoms with E-state index in [2.05, 4.69) is 18.2 Å². The largest absolute Gasteiger partial charge is 3.00 e. The van der Waals surface area contributed by atoms with Crippen LogP contribution < -0.4 is 24.8 Å². The minimum atomic E-state index is -0.553. The quantitative estimate of drug-likeness (QED) is 0.512. The van der Waals surface area contributed by atoms with Crippen molar-refractivity contribution >= 4 is 0 Å². The molecule has 1 radical (unpaired) electrons. The normalized spacial score (nSPS) is 24.0. The van der Waals surface area contributed by atoms with Crippen LogP contribution in [0.1, 0.15) is 40.0 Å². The van der Waals surface area contributed by atoms with Crippen molar-refractivity contribution in [2.24, 2.45) is 11.8 Å². The van der Waals surface area contributed by atoms with Gasteiger partial charge in [-0.2, -0.15) is 0 Å². The van der Waals surface area contributed by atoms with Gasteiger partial charge in [0.1, 0.15) is 0 Å². The first-order valence-corrected chi connectivity index (χ1v) is 6.73. The van der Waals surface area contributed by atoms with Gasteiger partial charge in [-0.05, 0) is 25.2 Å². The molecule has 0 aromatic rings. The van der Waals surface area contributed by atoms with Crippen LogP contribution in [-0.4, -0.2) is 28.5 Å². The Kier molecular flexibility index (Phi) is 15.3. The van der Waals surface area contributed by atoms with Crippen LogP contribution in [0.25, 0.3) is 5.73 Å². The van der Waals surface area contributed by atoms with Crippen LogP contribution in [0.5, 0.6) is 0 Å². The van der Waals surface area contributed by atoms with Crippen molar-refractivity contribution in [3.05, 3.63) is 29.5 Å². The van der Waals surface area contributed by atoms with Crippen LogP contribution in [-0.2, 0) is 21.7 Å². The van der Waals surface area contributed by atoms with E-state index in [1.54, 1.807) is 0 Å². The molecule has 0 bridgehead atoms. The Bertz CT molecular complexity index is 324. The van der Waals surface area contributed by atoms with E-state index in [4.69, 9.17) is 10.8 Å². The van der Waals surface area contributed by atoms with Gasteiger partial charge in [0.2, 0.25) is 0 Å². The van der Waals surface area contributed by atoms with Crippen molar-refractivity contribution in [3.8, 4) is 0 Å². The SMILES string of the molecule is CC(C)(C)[NH-].OCC(O)C1CCC2CC=CC=C21.[Cl-].[Cl-].[Ti+3]. The molecule has 3 unspecified atom stereocenters. The maximum absolute atomic E-state index is 9.58. The third-order valence-corrected chi connectivity index (χ3v) is 3.22. The van der Waals surface area contributed by atoms with Crippen LogP contribution in [0.3, 0.4) is 0 Å². The molecule has 0 spiro atoms. The molecule has 3 N–H and O–H groups in total. The summed E-state index contributed by atoms with van der Waals surface area (Å²) in [6.07, 6.45) is 9.11. The van der Waals surface area contributed by atoms with Gasteiger partial charge in [-0.1, -0.05) is 44.6 Å². The monoisotopic (exact) mass is 370 g/mol. The van der Waals surface area contributed by atoms with Crippen LogP contribution in [0, 0.1) is 11.8 Å². The van der Waals surface area contributed by atoms with Gasteiger partial charge in [-0.25, -0.2) is 0 Å². The molecule has 3 atom stereocenters. The van der Waals surface area contributed by atoms with E-state index in [1.807, 2.05) is 20.8 Å². The van der Waals surface area contributed by atoms with Gasteiger partial charge in [0.05, 0.1) is 12.7 Å². The first-order chi connectivity index (χ1) is 8.33. The number of aliphatic hydroxyl groups is 2. The number of hydrogen-bond acceptors (Lipinski definition) is 2. The van der Waals surface area contributed by atoms with Crippen LogP contribution in [0.15, 0.2) is 23.8 Å². The van der Waals surface area contributed by atoms with E-state index < -0.39 is 6.10 Å². The van der Waals surface area contributed by atoms with Crippen molar-refractivity contribution < 1.29 is 56.7 Å². The molecule has 0 aromatic carbocycles. The predicted molar refractivity (Wildman–Crippen MR) is 75.2 cm³/mol. The van der Waals surface area contributed by atoms with Gasteiger partial charge >= 0.3 is 21.7 Å². The van der Waals surface area contributed by atoms with Crippen molar-refractivity contribution in [1.29, 1.82) is 0 Å². The summed E-state index contributed by atoms with van der Waals surface area (Å²) >= 11 is 0. The molecule has 2 aliphatic rings. The zero-order chi connectivity index (χ0) is 13.8. The Morgan fingerprint density at radius 3 is 2.29 bits per heavy atom. The van der Waals surface area contributed by atoms with Crippen molar-refractivity contribution in [2.75, 3.05) is 6.61 Å². The molecule has 1 fully saturated rings. The van der Waals surface area contributed by atoms with Gasteiger partial charge in [-0.15, -0.1) is 5.54 Å². The third-order valence-electron chi connectivity index (χ3n) is 3.22. The fourth-order valence-corrected chi connectivity index (χ4v) is 2.49. The second-order valence-electron chi connectivity index (χ2n) is 6.21. The average molecular weight is 371 g/mol. The fraction of sp³-hybridized carbons (Fsp3) is 0.733. The molecule has 1 saturated carbocycles. The molecular weight excluding hydrogens is 345 g/mol. The van der Waals surface area contributed by atoms with E-state index in [-0.39, 0.29) is 64.6 Å². The van der Waals surface area contributed by atoms with Crippen LogP contribution in [0.2, 0.25) is 0 Å². The molecule has 121 valence electrons. The standard InChI is InChI=1S/C11H16O2.C4H10N.2ClH.Ti/c12-7-11(13)10-6-5-8-3-1-2-4-9(8)10;1-4(2,3)5;;;/h1-2,4,8,10-13H,3,5-7H2;5H,1-3H3;2*1H;/q;-1;;;+3/p-2. The summed E-state index contributed by atoms with van der Waals surface area (Å²) in [7, 11) is 0. The molecule has 21 heavy (non-hydrogen) atoms. The third kappa shape index (κ3) is 10.1. The van der Waals surface area contributed by atoms with Crippen molar-refractivity contribution in [1.82, 2.24) is 0 Å². The Hall–Kier alpha value is 0.654. The van der Waals surface area contributed by atoms with E-state index >= 15 is 0 Å². The molecule has 3 nitrogen and oxygen atoms in total. The number of hydrogen-bond donors (Lipinski definition) is 2. The van der Waals surface area contributed by atoms with Crippen LogP contribution >= 0.6 is 0 Å².